The van der Waals surface area contributed by atoms with Crippen LogP contribution in [-0.2, 0) is 23.9 Å². The Labute approximate surface area is 102 Å². The molecule has 0 unspecified atom stereocenters. The Bertz CT molecular complexity index is 438. The molecule has 6 nitrogen and oxygen atoms in total. The molecule has 1 heterocycles. The first-order valence-corrected chi connectivity index (χ1v) is 4.99. The molecule has 1 aliphatic rings. The van der Waals surface area contributed by atoms with Gasteiger partial charge in [0.15, 0.2) is 0 Å². The molecule has 0 aliphatic carbocycles. The van der Waals surface area contributed by atoms with Crippen LogP contribution in [0.4, 0.5) is 0 Å². The summed E-state index contributed by atoms with van der Waals surface area (Å²) < 4.78 is 8.95. The minimum atomic E-state index is -0.742. The second-order valence-corrected chi connectivity index (χ2v) is 3.29. The minimum Gasteiger partial charge on any atom is -0.469 e. The lowest BCUT2D eigenvalue weighted by atomic mass is 10.1. The fourth-order valence-corrected chi connectivity index (χ4v) is 1.50. The van der Waals surface area contributed by atoms with Gasteiger partial charge in [0.2, 0.25) is 0 Å². The molecule has 92 valence electrons. The highest BCUT2D eigenvalue weighted by molar-refractivity contribution is 6.27. The zero-order valence-electron chi connectivity index (χ0n) is 9.20. The van der Waals surface area contributed by atoms with Gasteiger partial charge >= 0.3 is 11.9 Å². The number of amides is 1. The summed E-state index contributed by atoms with van der Waals surface area (Å²) in [7, 11) is 2.35. The quantitative estimate of drug-likeness (QED) is 0.734. The van der Waals surface area contributed by atoms with Crippen molar-refractivity contribution >= 4 is 29.4 Å². The molecule has 0 spiro atoms. The van der Waals surface area contributed by atoms with E-state index in [1.54, 1.807) is 0 Å². The number of methoxy groups -OCH3 is 2. The minimum absolute atomic E-state index is 0.0180. The van der Waals surface area contributed by atoms with Gasteiger partial charge in [-0.1, -0.05) is 11.6 Å². The molecule has 0 atom stereocenters. The van der Waals surface area contributed by atoms with Gasteiger partial charge in [-0.2, -0.15) is 0 Å². The molecule has 0 aromatic rings. The van der Waals surface area contributed by atoms with Gasteiger partial charge in [0.1, 0.15) is 0 Å². The number of ether oxygens (including phenoxy) is 2. The predicted octanol–water partition coefficient (Wildman–Crippen LogP) is 0.229. The fourth-order valence-electron chi connectivity index (χ4n) is 1.34. The highest BCUT2D eigenvalue weighted by Crippen LogP contribution is 2.25. The molecule has 17 heavy (non-hydrogen) atoms. The Morgan fingerprint density at radius 1 is 1.35 bits per heavy atom. The summed E-state index contributed by atoms with van der Waals surface area (Å²) in [4.78, 5) is 34.2. The third-order valence-electron chi connectivity index (χ3n) is 2.14. The van der Waals surface area contributed by atoms with Crippen LogP contribution in [0, 0.1) is 0 Å². The van der Waals surface area contributed by atoms with Crippen LogP contribution < -0.4 is 5.32 Å². The van der Waals surface area contributed by atoms with Gasteiger partial charge in [0, 0.05) is 11.1 Å². The molecule has 0 saturated heterocycles. The molecule has 7 heteroatoms. The summed E-state index contributed by atoms with van der Waals surface area (Å²) in [6.07, 6.45) is -0.318. The first-order valence-electron chi connectivity index (χ1n) is 4.55. The standard InChI is InChI=1S/C10H10ClNO5/c1-16-7(13)3-5-8(10(15)17-2)6(4-11)12-9(5)14/h4H,3H2,1-2H3,(H,12,14)/b6-4+. The Morgan fingerprint density at radius 3 is 2.47 bits per heavy atom. The van der Waals surface area contributed by atoms with E-state index in [0.29, 0.717) is 0 Å². The summed E-state index contributed by atoms with van der Waals surface area (Å²) in [5.74, 6) is -1.94. The summed E-state index contributed by atoms with van der Waals surface area (Å²) in [6, 6.07) is 0. The molecular formula is C10H10ClNO5. The van der Waals surface area contributed by atoms with E-state index < -0.39 is 17.8 Å². The lowest BCUT2D eigenvalue weighted by Crippen LogP contribution is -2.17. The number of esters is 2. The van der Waals surface area contributed by atoms with E-state index in [1.165, 1.54) is 14.2 Å². The normalized spacial score (nSPS) is 17.1. The van der Waals surface area contributed by atoms with Gasteiger partial charge in [-0.15, -0.1) is 0 Å². The zero-order chi connectivity index (χ0) is 13.0. The predicted molar refractivity (Wildman–Crippen MR) is 57.8 cm³/mol. The van der Waals surface area contributed by atoms with Crippen molar-refractivity contribution in [1.82, 2.24) is 5.32 Å². The highest BCUT2D eigenvalue weighted by Gasteiger charge is 2.33. The molecule has 0 bridgehead atoms. The van der Waals surface area contributed by atoms with Crippen molar-refractivity contribution in [1.29, 1.82) is 0 Å². The van der Waals surface area contributed by atoms with Crippen molar-refractivity contribution in [2.24, 2.45) is 0 Å². The van der Waals surface area contributed by atoms with Crippen LogP contribution in [0.15, 0.2) is 22.4 Å². The van der Waals surface area contributed by atoms with Gasteiger partial charge in [-0.3, -0.25) is 9.59 Å². The Balaban J connectivity index is 3.18. The summed E-state index contributed by atoms with van der Waals surface area (Å²) in [5, 5.41) is 2.36. The Hall–Kier alpha value is -1.82. The summed E-state index contributed by atoms with van der Waals surface area (Å²) in [6.45, 7) is 0. The third-order valence-corrected chi connectivity index (χ3v) is 2.36. The number of hydrogen-bond donors (Lipinski definition) is 1. The maximum absolute atomic E-state index is 11.5. The van der Waals surface area contributed by atoms with Crippen molar-refractivity contribution in [3.05, 3.63) is 22.4 Å². The van der Waals surface area contributed by atoms with Crippen LogP contribution in [0.1, 0.15) is 6.42 Å². The Kier molecular flexibility index (Phi) is 4.28. The lowest BCUT2D eigenvalue weighted by molar-refractivity contribution is -0.140. The highest BCUT2D eigenvalue weighted by atomic mass is 35.5. The van der Waals surface area contributed by atoms with Crippen LogP contribution in [0.3, 0.4) is 0 Å². The van der Waals surface area contributed by atoms with E-state index in [0.717, 1.165) is 5.54 Å². The van der Waals surface area contributed by atoms with E-state index >= 15 is 0 Å². The van der Waals surface area contributed by atoms with Crippen LogP contribution >= 0.6 is 11.6 Å². The van der Waals surface area contributed by atoms with Gasteiger partial charge in [0.05, 0.1) is 31.9 Å². The van der Waals surface area contributed by atoms with E-state index in [2.05, 4.69) is 14.8 Å². The van der Waals surface area contributed by atoms with Crippen molar-refractivity contribution in [3.8, 4) is 0 Å². The molecule has 0 fully saturated rings. The van der Waals surface area contributed by atoms with E-state index in [-0.39, 0.29) is 23.3 Å². The van der Waals surface area contributed by atoms with Crippen molar-refractivity contribution < 1.29 is 23.9 Å². The smallest absolute Gasteiger partial charge is 0.340 e. The molecule has 1 aliphatic heterocycles. The fraction of sp³-hybridized carbons (Fsp3) is 0.300. The topological polar surface area (TPSA) is 81.7 Å². The molecule has 0 aromatic carbocycles. The van der Waals surface area contributed by atoms with Crippen molar-refractivity contribution in [2.75, 3.05) is 14.2 Å². The van der Waals surface area contributed by atoms with Crippen LogP contribution in [0.2, 0.25) is 0 Å². The number of halogens is 1. The van der Waals surface area contributed by atoms with Crippen molar-refractivity contribution in [3.63, 3.8) is 0 Å². The summed E-state index contributed by atoms with van der Waals surface area (Å²) >= 11 is 5.47. The first-order chi connectivity index (χ1) is 8.04. The zero-order valence-corrected chi connectivity index (χ0v) is 9.96. The average molecular weight is 260 g/mol. The second-order valence-electron chi connectivity index (χ2n) is 3.07. The van der Waals surface area contributed by atoms with E-state index in [1.807, 2.05) is 0 Å². The second kappa shape index (κ2) is 5.49. The molecule has 1 amide bonds. The van der Waals surface area contributed by atoms with Crippen LogP contribution in [-0.4, -0.2) is 32.1 Å². The van der Waals surface area contributed by atoms with Gasteiger partial charge < -0.3 is 14.8 Å². The van der Waals surface area contributed by atoms with Crippen molar-refractivity contribution in [2.45, 2.75) is 6.42 Å². The van der Waals surface area contributed by atoms with Gasteiger partial charge in [0.25, 0.3) is 5.91 Å². The number of carbonyl (C=O) groups is 3. The molecule has 0 aromatic heterocycles. The van der Waals surface area contributed by atoms with Crippen LogP contribution in [0.25, 0.3) is 0 Å². The monoisotopic (exact) mass is 259 g/mol. The maximum atomic E-state index is 11.5. The lowest BCUT2D eigenvalue weighted by Gasteiger charge is -2.02. The third kappa shape index (κ3) is 2.65. The molecule has 0 radical (unpaired) electrons. The number of rotatable bonds is 3. The first kappa shape index (κ1) is 13.2. The van der Waals surface area contributed by atoms with Crippen LogP contribution in [0.5, 0.6) is 0 Å². The van der Waals surface area contributed by atoms with E-state index in [4.69, 9.17) is 11.6 Å². The molecular weight excluding hydrogens is 250 g/mol. The maximum Gasteiger partial charge on any atom is 0.340 e. The van der Waals surface area contributed by atoms with Gasteiger partial charge in [-0.05, 0) is 0 Å². The summed E-state index contributed by atoms with van der Waals surface area (Å²) in [5.41, 5.74) is 1.09. The SMILES string of the molecule is COC(=O)CC1=C(C(=O)OC)/C(=C\Cl)NC1=O. The largest absolute Gasteiger partial charge is 0.469 e. The molecule has 0 saturated carbocycles. The molecule has 1 N–H and O–H groups in total. The average Bonchev–Trinajstić information content (AvgIpc) is 2.65. The number of nitrogens with one attached hydrogen (secondary N) is 1. The number of hydrogen-bond acceptors (Lipinski definition) is 5. The number of carbonyl (C=O) groups excluding carboxylic acids is 3. The van der Waals surface area contributed by atoms with E-state index in [9.17, 15) is 14.4 Å². The van der Waals surface area contributed by atoms with Gasteiger partial charge in [-0.25, -0.2) is 4.79 Å². The molecule has 1 rings (SSSR count). The Morgan fingerprint density at radius 2 is 2.00 bits per heavy atom.